The SMILES string of the molecule is COc1ccc(C(N)=O)c(OCC(=O)Nc2cccc(C(=O)NC3CC3)c2)c1. The molecule has 8 heteroatoms. The Labute approximate surface area is 162 Å². The third-order valence-corrected chi connectivity index (χ3v) is 4.13. The molecule has 1 aliphatic rings. The van der Waals surface area contributed by atoms with Crippen LogP contribution in [0.3, 0.4) is 0 Å². The van der Waals surface area contributed by atoms with E-state index in [2.05, 4.69) is 10.6 Å². The van der Waals surface area contributed by atoms with Crippen LogP contribution in [0.2, 0.25) is 0 Å². The highest BCUT2D eigenvalue weighted by Gasteiger charge is 2.23. The van der Waals surface area contributed by atoms with Gasteiger partial charge in [0.1, 0.15) is 11.5 Å². The van der Waals surface area contributed by atoms with E-state index >= 15 is 0 Å². The molecule has 0 unspecified atom stereocenters. The highest BCUT2D eigenvalue weighted by molar-refractivity contribution is 5.98. The molecule has 1 aliphatic carbocycles. The molecule has 0 spiro atoms. The van der Waals surface area contributed by atoms with Gasteiger partial charge in [-0.25, -0.2) is 0 Å². The zero-order valence-corrected chi connectivity index (χ0v) is 15.4. The lowest BCUT2D eigenvalue weighted by atomic mass is 10.2. The summed E-state index contributed by atoms with van der Waals surface area (Å²) < 4.78 is 10.5. The van der Waals surface area contributed by atoms with Crippen molar-refractivity contribution in [2.45, 2.75) is 18.9 Å². The number of benzene rings is 2. The number of nitrogens with two attached hydrogens (primary N) is 1. The number of anilines is 1. The summed E-state index contributed by atoms with van der Waals surface area (Å²) >= 11 is 0. The fraction of sp³-hybridized carbons (Fsp3) is 0.250. The standard InChI is InChI=1S/C20H21N3O5/c1-27-15-7-8-16(19(21)25)17(10-15)28-11-18(24)22-14-4-2-3-12(9-14)20(26)23-13-5-6-13/h2-4,7-10,13H,5-6,11H2,1H3,(H2,21,25)(H,22,24)(H,23,26). The topological polar surface area (TPSA) is 120 Å². The van der Waals surface area contributed by atoms with Gasteiger partial charge in [-0.05, 0) is 43.2 Å². The van der Waals surface area contributed by atoms with Crippen molar-refractivity contribution in [2.24, 2.45) is 5.73 Å². The molecule has 0 aliphatic heterocycles. The van der Waals surface area contributed by atoms with Gasteiger partial charge in [-0.15, -0.1) is 0 Å². The third-order valence-electron chi connectivity index (χ3n) is 4.13. The van der Waals surface area contributed by atoms with Gasteiger partial charge < -0.3 is 25.8 Å². The van der Waals surface area contributed by atoms with Crippen molar-refractivity contribution in [2.75, 3.05) is 19.0 Å². The average molecular weight is 383 g/mol. The van der Waals surface area contributed by atoms with E-state index in [-0.39, 0.29) is 29.9 Å². The normalized spacial score (nSPS) is 12.8. The Balaban J connectivity index is 1.61. The number of rotatable bonds is 8. The van der Waals surface area contributed by atoms with E-state index in [4.69, 9.17) is 15.2 Å². The molecule has 2 aromatic carbocycles. The van der Waals surface area contributed by atoms with Gasteiger partial charge in [0.2, 0.25) is 0 Å². The number of carbonyl (C=O) groups is 3. The number of ether oxygens (including phenoxy) is 2. The average Bonchev–Trinajstić information content (AvgIpc) is 3.50. The second-order valence-corrected chi connectivity index (χ2v) is 6.39. The fourth-order valence-corrected chi connectivity index (χ4v) is 2.53. The molecule has 2 aromatic rings. The molecular weight excluding hydrogens is 362 g/mol. The molecule has 4 N–H and O–H groups in total. The lowest BCUT2D eigenvalue weighted by molar-refractivity contribution is -0.118. The highest BCUT2D eigenvalue weighted by Crippen LogP contribution is 2.24. The Morgan fingerprint density at radius 2 is 1.93 bits per heavy atom. The van der Waals surface area contributed by atoms with Gasteiger partial charge >= 0.3 is 0 Å². The number of amides is 3. The molecule has 0 atom stereocenters. The van der Waals surface area contributed by atoms with Crippen molar-refractivity contribution in [1.29, 1.82) is 0 Å². The van der Waals surface area contributed by atoms with Crippen molar-refractivity contribution in [1.82, 2.24) is 5.32 Å². The van der Waals surface area contributed by atoms with E-state index in [0.717, 1.165) is 12.8 Å². The van der Waals surface area contributed by atoms with Crippen LogP contribution in [0.4, 0.5) is 5.69 Å². The Morgan fingerprint density at radius 3 is 2.61 bits per heavy atom. The predicted molar refractivity (Wildman–Crippen MR) is 103 cm³/mol. The zero-order chi connectivity index (χ0) is 20.1. The first-order chi connectivity index (χ1) is 13.5. The molecule has 0 heterocycles. The first kappa shape index (κ1) is 19.2. The largest absolute Gasteiger partial charge is 0.497 e. The van der Waals surface area contributed by atoms with Crippen LogP contribution in [-0.4, -0.2) is 37.5 Å². The van der Waals surface area contributed by atoms with E-state index in [0.29, 0.717) is 17.0 Å². The van der Waals surface area contributed by atoms with Crippen molar-refractivity contribution in [3.8, 4) is 11.5 Å². The Hall–Kier alpha value is -3.55. The quantitative estimate of drug-likeness (QED) is 0.641. The van der Waals surface area contributed by atoms with E-state index in [1.54, 1.807) is 30.3 Å². The predicted octanol–water partition coefficient (Wildman–Crippen LogP) is 1.70. The Bertz CT molecular complexity index is 908. The van der Waals surface area contributed by atoms with Gasteiger partial charge in [0, 0.05) is 23.4 Å². The summed E-state index contributed by atoms with van der Waals surface area (Å²) in [4.78, 5) is 35.8. The molecule has 28 heavy (non-hydrogen) atoms. The summed E-state index contributed by atoms with van der Waals surface area (Å²) in [5.74, 6) is -0.669. The zero-order valence-electron chi connectivity index (χ0n) is 15.4. The summed E-state index contributed by atoms with van der Waals surface area (Å²) in [7, 11) is 1.47. The number of hydrogen-bond acceptors (Lipinski definition) is 5. The van der Waals surface area contributed by atoms with Crippen LogP contribution in [0.1, 0.15) is 33.6 Å². The minimum absolute atomic E-state index is 0.146. The minimum Gasteiger partial charge on any atom is -0.497 e. The van der Waals surface area contributed by atoms with Crippen molar-refractivity contribution in [3.63, 3.8) is 0 Å². The lowest BCUT2D eigenvalue weighted by Crippen LogP contribution is -2.25. The molecule has 0 saturated heterocycles. The van der Waals surface area contributed by atoms with E-state index in [9.17, 15) is 14.4 Å². The number of nitrogens with one attached hydrogen (secondary N) is 2. The van der Waals surface area contributed by atoms with Crippen molar-refractivity contribution in [3.05, 3.63) is 53.6 Å². The molecule has 3 amide bonds. The molecule has 146 valence electrons. The molecule has 8 nitrogen and oxygen atoms in total. The lowest BCUT2D eigenvalue weighted by Gasteiger charge is -2.12. The number of primary amides is 1. The second-order valence-electron chi connectivity index (χ2n) is 6.39. The third kappa shape index (κ3) is 5.00. The van der Waals surface area contributed by atoms with Crippen LogP contribution < -0.4 is 25.8 Å². The van der Waals surface area contributed by atoms with Gasteiger partial charge in [-0.3, -0.25) is 14.4 Å². The summed E-state index contributed by atoms with van der Waals surface area (Å²) in [5, 5.41) is 5.56. The first-order valence-electron chi connectivity index (χ1n) is 8.77. The van der Waals surface area contributed by atoms with Gasteiger partial charge in [0.25, 0.3) is 17.7 Å². The van der Waals surface area contributed by atoms with E-state index in [1.807, 2.05) is 0 Å². The van der Waals surface area contributed by atoms with E-state index in [1.165, 1.54) is 19.2 Å². The molecule has 0 bridgehead atoms. The summed E-state index contributed by atoms with van der Waals surface area (Å²) in [6.07, 6.45) is 1.99. The highest BCUT2D eigenvalue weighted by atomic mass is 16.5. The minimum atomic E-state index is -0.674. The molecule has 3 rings (SSSR count). The number of hydrogen-bond donors (Lipinski definition) is 3. The van der Waals surface area contributed by atoms with Crippen LogP contribution in [-0.2, 0) is 4.79 Å². The Kier molecular flexibility index (Phi) is 5.78. The molecule has 0 radical (unpaired) electrons. The first-order valence-corrected chi connectivity index (χ1v) is 8.77. The second kappa shape index (κ2) is 8.43. The fourth-order valence-electron chi connectivity index (χ4n) is 2.53. The molecule has 1 saturated carbocycles. The maximum absolute atomic E-state index is 12.2. The van der Waals surface area contributed by atoms with Crippen molar-refractivity contribution >= 4 is 23.4 Å². The summed E-state index contributed by atoms with van der Waals surface area (Å²) in [5.41, 5.74) is 6.40. The van der Waals surface area contributed by atoms with Gasteiger partial charge in [0.05, 0.1) is 12.7 Å². The van der Waals surface area contributed by atoms with Crippen LogP contribution in [0, 0.1) is 0 Å². The molecule has 1 fully saturated rings. The molecule has 0 aromatic heterocycles. The summed E-state index contributed by atoms with van der Waals surface area (Å²) in [6, 6.07) is 11.4. The van der Waals surface area contributed by atoms with Crippen LogP contribution in [0.15, 0.2) is 42.5 Å². The van der Waals surface area contributed by atoms with Crippen LogP contribution in [0.5, 0.6) is 11.5 Å². The number of methoxy groups -OCH3 is 1. The number of carbonyl (C=O) groups excluding carboxylic acids is 3. The smallest absolute Gasteiger partial charge is 0.262 e. The maximum Gasteiger partial charge on any atom is 0.262 e. The monoisotopic (exact) mass is 383 g/mol. The van der Waals surface area contributed by atoms with Crippen LogP contribution in [0.25, 0.3) is 0 Å². The van der Waals surface area contributed by atoms with Gasteiger partial charge in [0.15, 0.2) is 6.61 Å². The van der Waals surface area contributed by atoms with Gasteiger partial charge in [-0.2, -0.15) is 0 Å². The summed E-state index contributed by atoms with van der Waals surface area (Å²) in [6.45, 7) is -0.341. The van der Waals surface area contributed by atoms with Crippen LogP contribution >= 0.6 is 0 Å². The molecular formula is C20H21N3O5. The Morgan fingerprint density at radius 1 is 1.14 bits per heavy atom. The van der Waals surface area contributed by atoms with E-state index < -0.39 is 11.8 Å². The maximum atomic E-state index is 12.2. The van der Waals surface area contributed by atoms with Gasteiger partial charge in [-0.1, -0.05) is 6.07 Å². The van der Waals surface area contributed by atoms with Crippen molar-refractivity contribution < 1.29 is 23.9 Å².